The third-order valence-electron chi connectivity index (χ3n) is 4.81. The number of benzene rings is 1. The van der Waals surface area contributed by atoms with Gasteiger partial charge in [-0.15, -0.1) is 10.1 Å². The summed E-state index contributed by atoms with van der Waals surface area (Å²) in [5, 5.41) is 9.22. The summed E-state index contributed by atoms with van der Waals surface area (Å²) in [5.41, 5.74) is 1.90. The summed E-state index contributed by atoms with van der Waals surface area (Å²) in [6.45, 7) is 7.04. The molecule has 0 aliphatic carbocycles. The summed E-state index contributed by atoms with van der Waals surface area (Å²) in [5.74, 6) is -2.05. The van der Waals surface area contributed by atoms with Crippen LogP contribution in [-0.4, -0.2) is 52.8 Å². The van der Waals surface area contributed by atoms with Crippen molar-refractivity contribution in [2.45, 2.75) is 58.9 Å². The van der Waals surface area contributed by atoms with E-state index in [4.69, 9.17) is 4.74 Å². The summed E-state index contributed by atoms with van der Waals surface area (Å²) in [6.07, 6.45) is 1.58. The van der Waals surface area contributed by atoms with Crippen molar-refractivity contribution in [1.29, 1.82) is 0 Å². The number of nitrogens with zero attached hydrogens (tertiary/aromatic N) is 2. The monoisotopic (exact) mass is 468 g/mol. The predicted molar refractivity (Wildman–Crippen MR) is 122 cm³/mol. The van der Waals surface area contributed by atoms with Gasteiger partial charge in [-0.05, 0) is 43.2 Å². The highest BCUT2D eigenvalue weighted by molar-refractivity contribution is 7.80. The zero-order chi connectivity index (χ0) is 24.3. The third-order valence-corrected chi connectivity index (χ3v) is 5.15. The molecule has 0 N–H and O–H groups in total. The predicted octanol–water partition coefficient (Wildman–Crippen LogP) is 3.19. The van der Waals surface area contributed by atoms with E-state index in [2.05, 4.69) is 31.3 Å². The molecule has 0 heterocycles. The number of carbonyl (C=O) groups excluding carboxylic acids is 3. The third kappa shape index (κ3) is 8.86. The number of imide groups is 1. The molecule has 178 valence electrons. The highest BCUT2D eigenvalue weighted by Crippen LogP contribution is 2.22. The van der Waals surface area contributed by atoms with E-state index in [9.17, 15) is 24.5 Å². The number of rotatable bonds is 13. The number of ether oxygens (including phenoxy) is 1. The molecule has 1 aromatic rings. The molecule has 0 saturated heterocycles. The Labute approximate surface area is 194 Å². The highest BCUT2D eigenvalue weighted by atomic mass is 32.1. The molecule has 10 heteroatoms. The van der Waals surface area contributed by atoms with E-state index < -0.39 is 34.8 Å². The van der Waals surface area contributed by atoms with Crippen LogP contribution < -0.4 is 0 Å². The Morgan fingerprint density at radius 3 is 2.19 bits per heavy atom. The van der Waals surface area contributed by atoms with Crippen LogP contribution in [0.4, 0.5) is 0 Å². The van der Waals surface area contributed by atoms with Gasteiger partial charge >= 0.3 is 5.97 Å². The molecular formula is C22H32N2O7S. The molecule has 1 aromatic carbocycles. The first kappa shape index (κ1) is 27.4. The number of thiol groups is 1. The van der Waals surface area contributed by atoms with Crippen LogP contribution in [0.5, 0.6) is 0 Å². The maximum Gasteiger partial charge on any atom is 0.330 e. The molecule has 0 bridgehead atoms. The maximum absolute atomic E-state index is 13.1. The molecule has 0 aliphatic heterocycles. The van der Waals surface area contributed by atoms with Gasteiger partial charge in [0.05, 0.1) is 19.1 Å². The van der Waals surface area contributed by atoms with Crippen LogP contribution in [0.2, 0.25) is 0 Å². The second-order valence-corrected chi connectivity index (χ2v) is 8.28. The lowest BCUT2D eigenvalue weighted by Gasteiger charge is -2.29. The summed E-state index contributed by atoms with van der Waals surface area (Å²) < 4.78 is 5.16. The molecule has 0 radical (unpaired) electrons. The maximum atomic E-state index is 13.1. The van der Waals surface area contributed by atoms with Gasteiger partial charge in [0.25, 0.3) is 5.09 Å². The molecule has 0 aromatic heterocycles. The molecule has 0 fully saturated rings. The Balaban J connectivity index is 2.80. The number of carbonyl (C=O) groups is 3. The lowest BCUT2D eigenvalue weighted by Crippen LogP contribution is -2.51. The number of amides is 2. The van der Waals surface area contributed by atoms with Crippen molar-refractivity contribution < 1.29 is 29.0 Å². The van der Waals surface area contributed by atoms with Crippen molar-refractivity contribution in [3.8, 4) is 0 Å². The quantitative estimate of drug-likeness (QED) is 0.155. The van der Waals surface area contributed by atoms with Gasteiger partial charge in [-0.3, -0.25) is 14.5 Å². The smallest absolute Gasteiger partial charge is 0.330 e. The number of hydrogen-bond donors (Lipinski definition) is 1. The summed E-state index contributed by atoms with van der Waals surface area (Å²) in [4.78, 5) is 53.1. The van der Waals surface area contributed by atoms with Crippen molar-refractivity contribution in [2.75, 3.05) is 19.0 Å². The van der Waals surface area contributed by atoms with Gasteiger partial charge in [-0.2, -0.15) is 12.6 Å². The number of hydrogen-bond acceptors (Lipinski definition) is 8. The van der Waals surface area contributed by atoms with Crippen molar-refractivity contribution in [3.63, 3.8) is 0 Å². The van der Waals surface area contributed by atoms with Crippen LogP contribution >= 0.6 is 12.6 Å². The summed E-state index contributed by atoms with van der Waals surface area (Å²) in [6, 6.07) is 6.48. The summed E-state index contributed by atoms with van der Waals surface area (Å²) in [7, 11) is 0. The van der Waals surface area contributed by atoms with Crippen LogP contribution in [0.3, 0.4) is 0 Å². The highest BCUT2D eigenvalue weighted by Gasteiger charge is 2.35. The van der Waals surface area contributed by atoms with Crippen LogP contribution in [-0.2, 0) is 30.4 Å². The van der Waals surface area contributed by atoms with Gasteiger partial charge < -0.3 is 9.57 Å². The van der Waals surface area contributed by atoms with E-state index in [0.717, 1.165) is 22.4 Å². The lowest BCUT2D eigenvalue weighted by molar-refractivity contribution is -0.757. The van der Waals surface area contributed by atoms with Crippen LogP contribution in [0, 0.1) is 16.0 Å². The van der Waals surface area contributed by atoms with E-state index in [0.29, 0.717) is 18.8 Å². The molecule has 9 nitrogen and oxygen atoms in total. The molecule has 0 saturated carbocycles. The van der Waals surface area contributed by atoms with Crippen molar-refractivity contribution >= 4 is 30.4 Å². The SMILES string of the molecule is CC(=O)N(C(=O)C(C)c1ccc(CC(C)C)cc1)[C@H](CS)C(=O)OCCCCO[N+](=O)[O-]. The first-order valence-electron chi connectivity index (χ1n) is 10.6. The van der Waals surface area contributed by atoms with Gasteiger partial charge in [0, 0.05) is 12.7 Å². The second-order valence-electron chi connectivity index (χ2n) is 7.92. The van der Waals surface area contributed by atoms with Crippen LogP contribution in [0.1, 0.15) is 57.6 Å². The second kappa shape index (κ2) is 13.7. The average molecular weight is 469 g/mol. The van der Waals surface area contributed by atoms with Gasteiger partial charge in [-0.25, -0.2) is 4.79 Å². The van der Waals surface area contributed by atoms with E-state index in [-0.39, 0.29) is 19.0 Å². The van der Waals surface area contributed by atoms with Gasteiger partial charge in [-0.1, -0.05) is 38.1 Å². The van der Waals surface area contributed by atoms with E-state index in [1.54, 1.807) is 6.92 Å². The van der Waals surface area contributed by atoms with E-state index in [1.807, 2.05) is 24.3 Å². The Hall–Kier alpha value is -2.62. The number of esters is 1. The van der Waals surface area contributed by atoms with Gasteiger partial charge in [0.15, 0.2) is 0 Å². The van der Waals surface area contributed by atoms with Gasteiger partial charge in [0.1, 0.15) is 6.04 Å². The minimum atomic E-state index is -1.17. The Kier molecular flexibility index (Phi) is 11.8. The topological polar surface area (TPSA) is 116 Å². The fraction of sp³-hybridized carbons (Fsp3) is 0.591. The first-order chi connectivity index (χ1) is 15.1. The normalized spacial score (nSPS) is 12.7. The molecule has 0 spiro atoms. The van der Waals surface area contributed by atoms with Crippen LogP contribution in [0.15, 0.2) is 24.3 Å². The standard InChI is InChI=1S/C22H32N2O7S/c1-15(2)13-18-7-9-19(10-8-18)16(3)21(26)23(17(4)25)20(14-32)22(27)30-11-5-6-12-31-24(28)29/h7-10,15-16,20,32H,5-6,11-14H2,1-4H3/t16?,20-/m1/s1. The fourth-order valence-corrected chi connectivity index (χ4v) is 3.48. The molecule has 1 unspecified atom stereocenters. The molecule has 0 aliphatic rings. The molecule has 1 rings (SSSR count). The fourth-order valence-electron chi connectivity index (χ4n) is 3.17. The average Bonchev–Trinajstić information content (AvgIpc) is 2.72. The largest absolute Gasteiger partial charge is 0.464 e. The van der Waals surface area contributed by atoms with Gasteiger partial charge in [0.2, 0.25) is 11.8 Å². The zero-order valence-corrected chi connectivity index (χ0v) is 19.9. The Morgan fingerprint density at radius 1 is 1.09 bits per heavy atom. The van der Waals surface area contributed by atoms with Crippen LogP contribution in [0.25, 0.3) is 0 Å². The van der Waals surface area contributed by atoms with Crippen molar-refractivity contribution in [1.82, 2.24) is 4.90 Å². The number of unbranched alkanes of at least 4 members (excludes halogenated alkanes) is 1. The van der Waals surface area contributed by atoms with Crippen molar-refractivity contribution in [2.24, 2.45) is 5.92 Å². The summed E-state index contributed by atoms with van der Waals surface area (Å²) >= 11 is 4.14. The van der Waals surface area contributed by atoms with E-state index >= 15 is 0 Å². The minimum absolute atomic E-state index is 0.0169. The van der Waals surface area contributed by atoms with Crippen molar-refractivity contribution in [3.05, 3.63) is 45.5 Å². The Bertz CT molecular complexity index is 783. The lowest BCUT2D eigenvalue weighted by atomic mass is 9.95. The molecule has 2 atom stereocenters. The zero-order valence-electron chi connectivity index (χ0n) is 19.0. The minimum Gasteiger partial charge on any atom is -0.464 e. The Morgan fingerprint density at radius 2 is 1.69 bits per heavy atom. The molecular weight excluding hydrogens is 436 g/mol. The molecule has 2 amide bonds. The van der Waals surface area contributed by atoms with E-state index in [1.165, 1.54) is 6.92 Å². The molecule has 32 heavy (non-hydrogen) atoms. The first-order valence-corrected chi connectivity index (χ1v) is 11.2.